The zero-order valence-corrected chi connectivity index (χ0v) is 8.10. The zero-order chi connectivity index (χ0) is 10.9. The summed E-state index contributed by atoms with van der Waals surface area (Å²) in [6.07, 6.45) is -0.273. The Morgan fingerprint density at radius 3 is 2.33 bits per heavy atom. The van der Waals surface area contributed by atoms with Crippen LogP contribution in [0.4, 0.5) is 13.2 Å². The standard InChI is InChI=1S/C11H11F3O/c12-11(13,14)10(8-4-1-2-5-8)9-6-3-7-15-9/h3,6-7H,1-2,4-5H2. The predicted molar refractivity (Wildman–Crippen MR) is 50.2 cm³/mol. The Morgan fingerprint density at radius 1 is 1.20 bits per heavy atom. The normalized spacial score (nSPS) is 17.1. The van der Waals surface area contributed by atoms with Crippen molar-refractivity contribution in [3.05, 3.63) is 29.7 Å². The lowest BCUT2D eigenvalue weighted by molar-refractivity contribution is -0.0706. The summed E-state index contributed by atoms with van der Waals surface area (Å²) < 4.78 is 43.3. The van der Waals surface area contributed by atoms with E-state index in [1.54, 1.807) is 0 Å². The van der Waals surface area contributed by atoms with E-state index in [4.69, 9.17) is 4.42 Å². The molecule has 1 heterocycles. The minimum absolute atomic E-state index is 0.0561. The summed E-state index contributed by atoms with van der Waals surface area (Å²) >= 11 is 0. The molecular weight excluding hydrogens is 205 g/mol. The van der Waals surface area contributed by atoms with E-state index in [0.29, 0.717) is 18.4 Å². The first-order valence-electron chi connectivity index (χ1n) is 4.92. The lowest BCUT2D eigenvalue weighted by Gasteiger charge is -2.12. The van der Waals surface area contributed by atoms with E-state index in [-0.39, 0.29) is 5.76 Å². The van der Waals surface area contributed by atoms with Gasteiger partial charge in [-0.05, 0) is 37.8 Å². The Kier molecular flexibility index (Phi) is 2.59. The van der Waals surface area contributed by atoms with E-state index in [1.807, 2.05) is 0 Å². The highest BCUT2D eigenvalue weighted by Gasteiger charge is 2.39. The van der Waals surface area contributed by atoms with Crippen molar-refractivity contribution in [2.24, 2.45) is 0 Å². The minimum Gasteiger partial charge on any atom is -0.464 e. The molecule has 82 valence electrons. The fraction of sp³-hybridized carbons (Fsp3) is 0.455. The fourth-order valence-corrected chi connectivity index (χ4v) is 1.99. The van der Waals surface area contributed by atoms with Crippen LogP contribution in [0.1, 0.15) is 31.4 Å². The average Bonchev–Trinajstić information content (AvgIpc) is 2.73. The van der Waals surface area contributed by atoms with Gasteiger partial charge in [-0.1, -0.05) is 5.57 Å². The van der Waals surface area contributed by atoms with Crippen molar-refractivity contribution in [3.8, 4) is 0 Å². The molecule has 0 N–H and O–H groups in total. The summed E-state index contributed by atoms with van der Waals surface area (Å²) in [6, 6.07) is 2.85. The van der Waals surface area contributed by atoms with Crippen molar-refractivity contribution in [2.45, 2.75) is 31.9 Å². The molecule has 1 nitrogen and oxygen atoms in total. The molecule has 1 fully saturated rings. The van der Waals surface area contributed by atoms with Gasteiger partial charge in [0.05, 0.1) is 11.8 Å². The highest BCUT2D eigenvalue weighted by Crippen LogP contribution is 2.41. The second-order valence-corrected chi connectivity index (χ2v) is 3.66. The van der Waals surface area contributed by atoms with Crippen molar-refractivity contribution < 1.29 is 17.6 Å². The topological polar surface area (TPSA) is 13.1 Å². The molecule has 0 bridgehead atoms. The smallest absolute Gasteiger partial charge is 0.419 e. The van der Waals surface area contributed by atoms with Gasteiger partial charge in [-0.2, -0.15) is 13.2 Å². The Morgan fingerprint density at radius 2 is 1.87 bits per heavy atom. The van der Waals surface area contributed by atoms with Crippen molar-refractivity contribution in [2.75, 3.05) is 0 Å². The molecule has 2 rings (SSSR count). The van der Waals surface area contributed by atoms with E-state index in [0.717, 1.165) is 12.8 Å². The van der Waals surface area contributed by atoms with Gasteiger partial charge in [0.2, 0.25) is 0 Å². The third kappa shape index (κ3) is 2.08. The van der Waals surface area contributed by atoms with Gasteiger partial charge in [0.1, 0.15) is 5.76 Å². The number of furan rings is 1. The van der Waals surface area contributed by atoms with Crippen LogP contribution in [0, 0.1) is 0 Å². The maximum atomic E-state index is 12.8. The van der Waals surface area contributed by atoms with E-state index in [9.17, 15) is 13.2 Å². The molecule has 0 spiro atoms. The number of hydrogen-bond donors (Lipinski definition) is 0. The maximum Gasteiger partial charge on any atom is 0.419 e. The number of alkyl halides is 3. The lowest BCUT2D eigenvalue weighted by Crippen LogP contribution is -2.12. The minimum atomic E-state index is -4.31. The molecule has 1 aliphatic carbocycles. The monoisotopic (exact) mass is 216 g/mol. The van der Waals surface area contributed by atoms with E-state index >= 15 is 0 Å². The van der Waals surface area contributed by atoms with Gasteiger partial charge in [0, 0.05) is 0 Å². The summed E-state index contributed by atoms with van der Waals surface area (Å²) in [5.41, 5.74) is -0.0811. The van der Waals surface area contributed by atoms with Crippen molar-refractivity contribution >= 4 is 5.57 Å². The third-order valence-corrected chi connectivity index (χ3v) is 2.61. The first-order chi connectivity index (χ1) is 7.09. The Balaban J connectivity index is 2.45. The summed E-state index contributed by atoms with van der Waals surface area (Å²) in [6.45, 7) is 0. The summed E-state index contributed by atoms with van der Waals surface area (Å²) in [5, 5.41) is 0. The summed E-state index contributed by atoms with van der Waals surface area (Å²) in [7, 11) is 0. The van der Waals surface area contributed by atoms with Crippen molar-refractivity contribution in [3.63, 3.8) is 0 Å². The molecule has 0 saturated heterocycles. The molecule has 1 saturated carbocycles. The van der Waals surface area contributed by atoms with Crippen LogP contribution in [0.3, 0.4) is 0 Å². The Hall–Kier alpha value is -1.19. The van der Waals surface area contributed by atoms with Crippen LogP contribution in [0.2, 0.25) is 0 Å². The quantitative estimate of drug-likeness (QED) is 0.686. The average molecular weight is 216 g/mol. The first-order valence-corrected chi connectivity index (χ1v) is 4.92. The molecule has 1 aromatic rings. The number of hydrogen-bond acceptors (Lipinski definition) is 1. The van der Waals surface area contributed by atoms with E-state index < -0.39 is 11.7 Å². The number of halogens is 3. The summed E-state index contributed by atoms with van der Waals surface area (Å²) in [4.78, 5) is 0. The maximum absolute atomic E-state index is 12.8. The van der Waals surface area contributed by atoms with Gasteiger partial charge in [-0.3, -0.25) is 0 Å². The highest BCUT2D eigenvalue weighted by atomic mass is 19.4. The van der Waals surface area contributed by atoms with Crippen LogP contribution in [0.15, 0.2) is 28.4 Å². The zero-order valence-electron chi connectivity index (χ0n) is 8.10. The van der Waals surface area contributed by atoms with Crippen LogP contribution in [0.5, 0.6) is 0 Å². The fourth-order valence-electron chi connectivity index (χ4n) is 1.99. The molecule has 0 unspecified atom stereocenters. The molecule has 0 amide bonds. The van der Waals surface area contributed by atoms with Crippen LogP contribution < -0.4 is 0 Å². The SMILES string of the molecule is FC(F)(F)C(=C1CCCC1)c1ccco1. The Labute approximate surface area is 85.6 Å². The van der Waals surface area contributed by atoms with Gasteiger partial charge in [0.15, 0.2) is 0 Å². The van der Waals surface area contributed by atoms with Crippen molar-refractivity contribution in [1.29, 1.82) is 0 Å². The molecular formula is C11H11F3O. The largest absolute Gasteiger partial charge is 0.464 e. The molecule has 1 aliphatic rings. The molecule has 0 radical (unpaired) electrons. The molecule has 0 aliphatic heterocycles. The Bertz CT molecular complexity index is 352. The summed E-state index contributed by atoms with van der Waals surface area (Å²) in [5.74, 6) is -0.0561. The lowest BCUT2D eigenvalue weighted by atomic mass is 10.0. The second kappa shape index (κ2) is 3.76. The third-order valence-electron chi connectivity index (χ3n) is 2.61. The van der Waals surface area contributed by atoms with Gasteiger partial charge in [-0.25, -0.2) is 0 Å². The molecule has 1 aromatic heterocycles. The number of rotatable bonds is 1. The van der Waals surface area contributed by atoms with Gasteiger partial charge in [-0.15, -0.1) is 0 Å². The van der Waals surface area contributed by atoms with Gasteiger partial charge < -0.3 is 4.42 Å². The van der Waals surface area contributed by atoms with Crippen molar-refractivity contribution in [1.82, 2.24) is 0 Å². The first kappa shape index (κ1) is 10.3. The molecule has 0 atom stereocenters. The van der Waals surface area contributed by atoms with E-state index in [1.165, 1.54) is 18.4 Å². The van der Waals surface area contributed by atoms with Crippen LogP contribution in [0.25, 0.3) is 5.57 Å². The van der Waals surface area contributed by atoms with E-state index in [2.05, 4.69) is 0 Å². The second-order valence-electron chi connectivity index (χ2n) is 3.66. The molecule has 0 aromatic carbocycles. The van der Waals surface area contributed by atoms with Gasteiger partial charge in [0.25, 0.3) is 0 Å². The predicted octanol–water partition coefficient (Wildman–Crippen LogP) is 4.17. The van der Waals surface area contributed by atoms with Crippen LogP contribution >= 0.6 is 0 Å². The van der Waals surface area contributed by atoms with Crippen LogP contribution in [-0.2, 0) is 0 Å². The highest BCUT2D eigenvalue weighted by molar-refractivity contribution is 5.69. The number of allylic oxidation sites excluding steroid dienone is 2. The molecule has 15 heavy (non-hydrogen) atoms. The van der Waals surface area contributed by atoms with Gasteiger partial charge >= 0.3 is 6.18 Å². The van der Waals surface area contributed by atoms with Crippen LogP contribution in [-0.4, -0.2) is 6.18 Å². The molecule has 4 heteroatoms.